The maximum absolute atomic E-state index is 13.0. The van der Waals surface area contributed by atoms with Crippen molar-refractivity contribution in [1.82, 2.24) is 10.2 Å². The van der Waals surface area contributed by atoms with E-state index in [-0.39, 0.29) is 12.3 Å². The summed E-state index contributed by atoms with van der Waals surface area (Å²) in [6.07, 6.45) is 10.8. The van der Waals surface area contributed by atoms with E-state index < -0.39 is 0 Å². The van der Waals surface area contributed by atoms with Crippen LogP contribution in [-0.2, 0) is 9.59 Å². The second-order valence-corrected chi connectivity index (χ2v) is 9.56. The third-order valence-electron chi connectivity index (χ3n) is 7.49. The van der Waals surface area contributed by atoms with E-state index in [1.165, 1.54) is 38.5 Å². The molecular weight excluding hydrogens is 326 g/mol. The molecule has 0 atom stereocenters. The molecule has 0 aromatic rings. The molecule has 0 radical (unpaired) electrons. The Labute approximate surface area is 156 Å². The van der Waals surface area contributed by atoms with Crippen LogP contribution in [-0.4, -0.2) is 36.3 Å². The minimum Gasteiger partial charge on any atom is -0.355 e. The van der Waals surface area contributed by atoms with Crippen molar-refractivity contribution in [3.8, 4) is 6.07 Å². The zero-order valence-electron chi connectivity index (χ0n) is 15.7. The largest absolute Gasteiger partial charge is 0.355 e. The third-order valence-corrected chi connectivity index (χ3v) is 7.49. The molecule has 5 aliphatic rings. The lowest BCUT2D eigenvalue weighted by Gasteiger charge is -2.57. The molecule has 1 N–H and O–H groups in total. The minimum atomic E-state index is -0.187. The lowest BCUT2D eigenvalue weighted by atomic mass is 9.49. The van der Waals surface area contributed by atoms with E-state index in [2.05, 4.69) is 10.2 Å². The second kappa shape index (κ2) is 7.21. The lowest BCUT2D eigenvalue weighted by molar-refractivity contribution is -0.141. The minimum absolute atomic E-state index is 0.0671. The molecule has 4 bridgehead atoms. The summed E-state index contributed by atoms with van der Waals surface area (Å²) in [7, 11) is 0. The van der Waals surface area contributed by atoms with Crippen molar-refractivity contribution < 1.29 is 9.59 Å². The van der Waals surface area contributed by atoms with Crippen LogP contribution in [0.15, 0.2) is 0 Å². The molecular formula is C21H31N3O2. The second-order valence-electron chi connectivity index (χ2n) is 9.56. The van der Waals surface area contributed by atoms with Gasteiger partial charge in [0.2, 0.25) is 11.8 Å². The molecule has 0 spiro atoms. The smallest absolute Gasteiger partial charge is 0.234 e. The first-order chi connectivity index (χ1) is 12.5. The van der Waals surface area contributed by atoms with Gasteiger partial charge in [0.25, 0.3) is 0 Å². The number of amides is 2. The van der Waals surface area contributed by atoms with Crippen molar-refractivity contribution >= 4 is 11.8 Å². The number of piperidine rings is 1. The van der Waals surface area contributed by atoms with Gasteiger partial charge in [-0.2, -0.15) is 5.26 Å². The van der Waals surface area contributed by atoms with Crippen molar-refractivity contribution in [2.45, 2.75) is 64.2 Å². The van der Waals surface area contributed by atoms with Gasteiger partial charge in [0, 0.05) is 26.1 Å². The summed E-state index contributed by atoms with van der Waals surface area (Å²) in [5.41, 5.74) is 0.327. The van der Waals surface area contributed by atoms with Crippen molar-refractivity contribution in [2.24, 2.45) is 29.1 Å². The van der Waals surface area contributed by atoms with Crippen LogP contribution in [0.2, 0.25) is 0 Å². The quantitative estimate of drug-likeness (QED) is 0.822. The molecule has 142 valence electrons. The fraction of sp³-hybridized carbons (Fsp3) is 0.857. The topological polar surface area (TPSA) is 73.2 Å². The number of likely N-dealkylation sites (tertiary alicyclic amines) is 1. The number of nitrogens with one attached hydrogen (secondary N) is 1. The van der Waals surface area contributed by atoms with E-state index in [1.807, 2.05) is 6.07 Å². The van der Waals surface area contributed by atoms with E-state index in [1.54, 1.807) is 0 Å². The molecule has 5 fully saturated rings. The molecule has 1 aliphatic heterocycles. The Morgan fingerprint density at radius 1 is 1.04 bits per heavy atom. The molecule has 1 heterocycles. The highest BCUT2D eigenvalue weighted by Crippen LogP contribution is 2.61. The van der Waals surface area contributed by atoms with Gasteiger partial charge in [-0.3, -0.25) is 9.59 Å². The molecule has 4 saturated carbocycles. The van der Waals surface area contributed by atoms with Crippen molar-refractivity contribution in [2.75, 3.05) is 19.6 Å². The number of hydrogen-bond donors (Lipinski definition) is 1. The summed E-state index contributed by atoms with van der Waals surface area (Å²) < 4.78 is 0. The third kappa shape index (κ3) is 3.75. The van der Waals surface area contributed by atoms with Crippen LogP contribution >= 0.6 is 0 Å². The van der Waals surface area contributed by atoms with Gasteiger partial charge in [-0.15, -0.1) is 0 Å². The van der Waals surface area contributed by atoms with Gasteiger partial charge in [0.05, 0.1) is 6.07 Å². The van der Waals surface area contributed by atoms with E-state index in [0.717, 1.165) is 50.1 Å². The van der Waals surface area contributed by atoms with Gasteiger partial charge in [-0.1, -0.05) is 0 Å². The van der Waals surface area contributed by atoms with Crippen LogP contribution in [0, 0.1) is 40.4 Å². The van der Waals surface area contributed by atoms with E-state index in [9.17, 15) is 9.59 Å². The molecule has 5 heteroatoms. The van der Waals surface area contributed by atoms with Crippen LogP contribution in [0.4, 0.5) is 0 Å². The molecule has 4 aliphatic carbocycles. The first-order valence-electron chi connectivity index (χ1n) is 10.5. The van der Waals surface area contributed by atoms with Gasteiger partial charge in [-0.05, 0) is 80.5 Å². The molecule has 1 saturated heterocycles. The Kier molecular flexibility index (Phi) is 4.94. The van der Waals surface area contributed by atoms with Gasteiger partial charge >= 0.3 is 0 Å². The highest BCUT2D eigenvalue weighted by atomic mass is 16.2. The average Bonchev–Trinajstić information content (AvgIpc) is 2.59. The predicted octanol–water partition coefficient (Wildman–Crippen LogP) is 2.86. The molecule has 0 unspecified atom stereocenters. The van der Waals surface area contributed by atoms with Crippen molar-refractivity contribution in [3.63, 3.8) is 0 Å². The van der Waals surface area contributed by atoms with E-state index >= 15 is 0 Å². The van der Waals surface area contributed by atoms with Crippen LogP contribution < -0.4 is 5.32 Å². The molecule has 0 aromatic carbocycles. The van der Waals surface area contributed by atoms with Crippen LogP contribution in [0.5, 0.6) is 0 Å². The standard InChI is InChI=1S/C21H31N3O2/c22-4-1-19(25)23-14-15-2-5-24(6-3-15)20(26)13-21-10-16-7-17(11-21)9-18(8-16)12-21/h15-18H,1-3,5-14H2,(H,23,25). The Morgan fingerprint density at radius 3 is 2.15 bits per heavy atom. The summed E-state index contributed by atoms with van der Waals surface area (Å²) in [6, 6.07) is 1.87. The fourth-order valence-corrected chi connectivity index (χ4v) is 6.72. The summed E-state index contributed by atoms with van der Waals surface area (Å²) in [5, 5.41) is 11.4. The van der Waals surface area contributed by atoms with Crippen molar-refractivity contribution in [1.29, 1.82) is 5.26 Å². The SMILES string of the molecule is N#CCC(=O)NCC1CCN(C(=O)CC23CC4CC(CC(C4)C2)C3)CC1. The van der Waals surface area contributed by atoms with Gasteiger partial charge in [-0.25, -0.2) is 0 Å². The Bertz CT molecular complexity index is 566. The number of rotatable bonds is 5. The van der Waals surface area contributed by atoms with Crippen molar-refractivity contribution in [3.05, 3.63) is 0 Å². The summed E-state index contributed by atoms with van der Waals surface area (Å²) in [6.45, 7) is 2.28. The van der Waals surface area contributed by atoms with Crippen LogP contribution in [0.25, 0.3) is 0 Å². The zero-order chi connectivity index (χ0) is 18.1. The van der Waals surface area contributed by atoms with Crippen LogP contribution in [0.3, 0.4) is 0 Å². The van der Waals surface area contributed by atoms with Gasteiger partial charge in [0.15, 0.2) is 0 Å². The van der Waals surface area contributed by atoms with E-state index in [0.29, 0.717) is 23.8 Å². The zero-order valence-corrected chi connectivity index (χ0v) is 15.7. The molecule has 5 nitrogen and oxygen atoms in total. The summed E-state index contributed by atoms with van der Waals surface area (Å²) in [4.78, 5) is 26.4. The maximum Gasteiger partial charge on any atom is 0.234 e. The maximum atomic E-state index is 13.0. The molecule has 0 aromatic heterocycles. The molecule has 26 heavy (non-hydrogen) atoms. The van der Waals surface area contributed by atoms with Gasteiger partial charge < -0.3 is 10.2 Å². The summed E-state index contributed by atoms with van der Waals surface area (Å²) in [5.74, 6) is 3.32. The highest BCUT2D eigenvalue weighted by Gasteiger charge is 2.51. The number of carbonyl (C=O) groups is 2. The Balaban J connectivity index is 1.24. The highest BCUT2D eigenvalue weighted by molar-refractivity contribution is 5.78. The Hall–Kier alpha value is -1.57. The lowest BCUT2D eigenvalue weighted by Crippen LogP contribution is -2.49. The normalized spacial score (nSPS) is 36.0. The fourth-order valence-electron chi connectivity index (χ4n) is 6.72. The predicted molar refractivity (Wildman–Crippen MR) is 97.8 cm³/mol. The number of carbonyl (C=O) groups excluding carboxylic acids is 2. The molecule has 5 rings (SSSR count). The number of nitrogens with zero attached hydrogens (tertiary/aromatic N) is 2. The number of hydrogen-bond acceptors (Lipinski definition) is 3. The average molecular weight is 357 g/mol. The van der Waals surface area contributed by atoms with Crippen LogP contribution in [0.1, 0.15) is 64.2 Å². The molecule has 2 amide bonds. The monoisotopic (exact) mass is 357 g/mol. The van der Waals surface area contributed by atoms with E-state index in [4.69, 9.17) is 5.26 Å². The summed E-state index contributed by atoms with van der Waals surface area (Å²) >= 11 is 0. The first kappa shape index (κ1) is 17.8. The first-order valence-corrected chi connectivity index (χ1v) is 10.5. The Morgan fingerprint density at radius 2 is 1.62 bits per heavy atom. The number of nitriles is 1. The van der Waals surface area contributed by atoms with Gasteiger partial charge in [0.1, 0.15) is 6.42 Å².